The lowest BCUT2D eigenvalue weighted by molar-refractivity contribution is 0.101. The third-order valence-electron chi connectivity index (χ3n) is 1.65. The maximum absolute atomic E-state index is 10.6. The maximum Gasteiger partial charge on any atom is 0.159 e. The lowest BCUT2D eigenvalue weighted by Crippen LogP contribution is -1.88. The Balaban J connectivity index is 0.000000162. The standard InChI is InChI=1S/C8H8O.C3H3ClN2/c1-7(9)8-5-3-2-4-6-8;4-3-1-5-6-2-3/h2-6H,1H3;1-2H,(H,5,6). The molecule has 0 amide bonds. The molecule has 0 radical (unpaired) electrons. The fourth-order valence-corrected chi connectivity index (χ4v) is 1.01. The van der Waals surface area contributed by atoms with Crippen molar-refractivity contribution in [3.05, 3.63) is 53.3 Å². The predicted octanol–water partition coefficient (Wildman–Crippen LogP) is 2.95. The van der Waals surface area contributed by atoms with Gasteiger partial charge in [0, 0.05) is 11.8 Å². The summed E-state index contributed by atoms with van der Waals surface area (Å²) >= 11 is 5.36. The number of hydrogen-bond acceptors (Lipinski definition) is 2. The van der Waals surface area contributed by atoms with E-state index in [1.54, 1.807) is 19.3 Å². The van der Waals surface area contributed by atoms with E-state index in [2.05, 4.69) is 10.2 Å². The minimum absolute atomic E-state index is 0.121. The van der Waals surface area contributed by atoms with E-state index in [0.717, 1.165) is 5.56 Å². The number of halogens is 1. The summed E-state index contributed by atoms with van der Waals surface area (Å²) in [6.07, 6.45) is 3.16. The number of nitrogens with one attached hydrogen (secondary N) is 1. The highest BCUT2D eigenvalue weighted by molar-refractivity contribution is 6.30. The molecule has 0 spiro atoms. The van der Waals surface area contributed by atoms with Crippen LogP contribution in [0.4, 0.5) is 0 Å². The summed E-state index contributed by atoms with van der Waals surface area (Å²) in [5.74, 6) is 0.121. The Hall–Kier alpha value is -1.61. The van der Waals surface area contributed by atoms with Crippen LogP contribution >= 0.6 is 11.6 Å². The van der Waals surface area contributed by atoms with Gasteiger partial charge in [-0.1, -0.05) is 41.9 Å². The highest BCUT2D eigenvalue weighted by Crippen LogP contribution is 1.99. The van der Waals surface area contributed by atoms with Gasteiger partial charge >= 0.3 is 0 Å². The third kappa shape index (κ3) is 4.42. The van der Waals surface area contributed by atoms with Crippen LogP contribution in [-0.4, -0.2) is 16.0 Å². The van der Waals surface area contributed by atoms with E-state index in [0.29, 0.717) is 5.02 Å². The summed E-state index contributed by atoms with van der Waals surface area (Å²) in [6.45, 7) is 1.56. The van der Waals surface area contributed by atoms with Gasteiger partial charge in [-0.2, -0.15) is 5.10 Å². The van der Waals surface area contributed by atoms with Crippen LogP contribution in [0.25, 0.3) is 0 Å². The molecule has 0 aliphatic heterocycles. The average molecular weight is 223 g/mol. The lowest BCUT2D eigenvalue weighted by Gasteiger charge is -1.89. The Morgan fingerprint density at radius 1 is 1.33 bits per heavy atom. The number of hydrogen-bond donors (Lipinski definition) is 1. The molecular formula is C11H11ClN2O. The number of nitrogens with zero attached hydrogens (tertiary/aromatic N) is 1. The smallest absolute Gasteiger partial charge is 0.159 e. The van der Waals surface area contributed by atoms with E-state index in [9.17, 15) is 4.79 Å². The van der Waals surface area contributed by atoms with Crippen molar-refractivity contribution in [3.8, 4) is 0 Å². The molecule has 1 heterocycles. The second-order valence-electron chi connectivity index (χ2n) is 2.84. The molecule has 0 saturated carbocycles. The van der Waals surface area contributed by atoms with Crippen LogP contribution in [0.1, 0.15) is 17.3 Å². The molecule has 0 saturated heterocycles. The fraction of sp³-hybridized carbons (Fsp3) is 0.0909. The van der Waals surface area contributed by atoms with Gasteiger partial charge in [-0.25, -0.2) is 0 Å². The van der Waals surface area contributed by atoms with Crippen molar-refractivity contribution in [1.82, 2.24) is 10.2 Å². The first-order valence-corrected chi connectivity index (χ1v) is 4.78. The molecule has 0 atom stereocenters. The zero-order valence-corrected chi connectivity index (χ0v) is 9.03. The quantitative estimate of drug-likeness (QED) is 0.754. The van der Waals surface area contributed by atoms with Crippen LogP contribution in [0.15, 0.2) is 42.7 Å². The SMILES string of the molecule is CC(=O)c1ccccc1.Clc1cn[nH]c1. The molecule has 2 rings (SSSR count). The summed E-state index contributed by atoms with van der Waals surface area (Å²) < 4.78 is 0. The molecule has 0 unspecified atom stereocenters. The molecule has 3 nitrogen and oxygen atoms in total. The summed E-state index contributed by atoms with van der Waals surface area (Å²) in [5.41, 5.74) is 0.775. The van der Waals surface area contributed by atoms with Crippen molar-refractivity contribution in [2.24, 2.45) is 0 Å². The molecule has 0 fully saturated rings. The Bertz CT molecular complexity index is 398. The molecule has 1 N–H and O–H groups in total. The maximum atomic E-state index is 10.6. The van der Waals surface area contributed by atoms with Gasteiger partial charge in [0.25, 0.3) is 0 Å². The first kappa shape index (κ1) is 11.5. The molecule has 4 heteroatoms. The Labute approximate surface area is 93.1 Å². The van der Waals surface area contributed by atoms with Crippen molar-refractivity contribution in [2.75, 3.05) is 0 Å². The summed E-state index contributed by atoms with van der Waals surface area (Å²) in [6, 6.07) is 9.23. The van der Waals surface area contributed by atoms with Crippen LogP contribution in [0.5, 0.6) is 0 Å². The van der Waals surface area contributed by atoms with E-state index in [1.165, 1.54) is 0 Å². The molecule has 78 valence electrons. The van der Waals surface area contributed by atoms with Crippen molar-refractivity contribution in [1.29, 1.82) is 0 Å². The van der Waals surface area contributed by atoms with Crippen LogP contribution in [-0.2, 0) is 0 Å². The predicted molar refractivity (Wildman–Crippen MR) is 60.0 cm³/mol. The molecule has 15 heavy (non-hydrogen) atoms. The Morgan fingerprint density at radius 2 is 2.00 bits per heavy atom. The van der Waals surface area contributed by atoms with Gasteiger partial charge in [-0.3, -0.25) is 9.89 Å². The summed E-state index contributed by atoms with van der Waals surface area (Å²) in [4.78, 5) is 10.6. The van der Waals surface area contributed by atoms with Crippen LogP contribution in [0, 0.1) is 0 Å². The topological polar surface area (TPSA) is 45.8 Å². The number of carbonyl (C=O) groups excluding carboxylic acids is 1. The largest absolute Gasteiger partial charge is 0.295 e. The lowest BCUT2D eigenvalue weighted by atomic mass is 10.2. The first-order valence-electron chi connectivity index (χ1n) is 4.40. The molecule has 0 aliphatic carbocycles. The van der Waals surface area contributed by atoms with Crippen molar-refractivity contribution >= 4 is 17.4 Å². The van der Waals surface area contributed by atoms with Crippen molar-refractivity contribution in [2.45, 2.75) is 6.92 Å². The van der Waals surface area contributed by atoms with E-state index < -0.39 is 0 Å². The first-order chi connectivity index (χ1) is 7.20. The van der Waals surface area contributed by atoms with Gasteiger partial charge < -0.3 is 0 Å². The third-order valence-corrected chi connectivity index (χ3v) is 1.85. The molecule has 0 bridgehead atoms. The summed E-state index contributed by atoms with van der Waals surface area (Å²) in [7, 11) is 0. The zero-order valence-electron chi connectivity index (χ0n) is 8.27. The number of H-pyrrole nitrogens is 1. The van der Waals surface area contributed by atoms with Gasteiger partial charge in [-0.05, 0) is 6.92 Å². The van der Waals surface area contributed by atoms with Crippen LogP contribution in [0.2, 0.25) is 5.02 Å². The van der Waals surface area contributed by atoms with Gasteiger partial charge in [-0.15, -0.1) is 0 Å². The molecule has 1 aromatic heterocycles. The fourth-order valence-electron chi connectivity index (χ4n) is 0.908. The second-order valence-corrected chi connectivity index (χ2v) is 3.28. The highest BCUT2D eigenvalue weighted by atomic mass is 35.5. The minimum atomic E-state index is 0.121. The van der Waals surface area contributed by atoms with E-state index in [1.807, 2.05) is 30.3 Å². The van der Waals surface area contributed by atoms with Crippen molar-refractivity contribution in [3.63, 3.8) is 0 Å². The van der Waals surface area contributed by atoms with Gasteiger partial charge in [0.15, 0.2) is 5.78 Å². The average Bonchev–Trinajstić information content (AvgIpc) is 2.71. The molecule has 0 aliphatic rings. The van der Waals surface area contributed by atoms with E-state index in [4.69, 9.17) is 11.6 Å². The van der Waals surface area contributed by atoms with Gasteiger partial charge in [0.1, 0.15) is 0 Å². The second kappa shape index (κ2) is 5.98. The number of aromatic nitrogens is 2. The van der Waals surface area contributed by atoms with Crippen LogP contribution < -0.4 is 0 Å². The number of rotatable bonds is 1. The van der Waals surface area contributed by atoms with E-state index in [-0.39, 0.29) is 5.78 Å². The number of Topliss-reactive ketones (excluding diaryl/α,β-unsaturated/α-hetero) is 1. The molecular weight excluding hydrogens is 212 g/mol. The Morgan fingerprint density at radius 3 is 2.27 bits per heavy atom. The zero-order chi connectivity index (χ0) is 11.1. The van der Waals surface area contributed by atoms with E-state index >= 15 is 0 Å². The van der Waals surface area contributed by atoms with Crippen LogP contribution in [0.3, 0.4) is 0 Å². The van der Waals surface area contributed by atoms with Gasteiger partial charge in [0.05, 0.1) is 11.2 Å². The van der Waals surface area contributed by atoms with Crippen molar-refractivity contribution < 1.29 is 4.79 Å². The highest BCUT2D eigenvalue weighted by Gasteiger charge is 1.92. The molecule has 1 aromatic carbocycles. The number of aromatic amines is 1. The van der Waals surface area contributed by atoms with Gasteiger partial charge in [0.2, 0.25) is 0 Å². The minimum Gasteiger partial charge on any atom is -0.295 e. The number of ketones is 1. The normalized spacial score (nSPS) is 8.93. The summed E-state index contributed by atoms with van der Waals surface area (Å²) in [5, 5.41) is 6.76. The number of carbonyl (C=O) groups is 1. The number of benzene rings is 1. The molecule has 2 aromatic rings. The Kier molecular flexibility index (Phi) is 4.57. The monoisotopic (exact) mass is 222 g/mol.